The summed E-state index contributed by atoms with van der Waals surface area (Å²) in [5.41, 5.74) is 2.67. The summed E-state index contributed by atoms with van der Waals surface area (Å²) >= 11 is 0. The van der Waals surface area contributed by atoms with Gasteiger partial charge in [-0.25, -0.2) is 0 Å². The average molecular weight is 351 g/mol. The summed E-state index contributed by atoms with van der Waals surface area (Å²) in [5, 5.41) is 3.83. The van der Waals surface area contributed by atoms with E-state index in [4.69, 9.17) is 0 Å². The van der Waals surface area contributed by atoms with Crippen molar-refractivity contribution in [3.63, 3.8) is 0 Å². The minimum absolute atomic E-state index is 0.293. The van der Waals surface area contributed by atoms with Crippen LogP contribution in [-0.2, 0) is 11.3 Å². The van der Waals surface area contributed by atoms with Gasteiger partial charge in [-0.3, -0.25) is 4.90 Å². The Labute approximate surface area is 157 Å². The smallest absolute Gasteiger partial charge is 0.129 e. The molecule has 0 aliphatic carbocycles. The Balaban J connectivity index is 1.65. The molecule has 1 saturated heterocycles. The van der Waals surface area contributed by atoms with Crippen LogP contribution in [-0.4, -0.2) is 29.8 Å². The minimum atomic E-state index is 0.293. The number of carbonyl (C=O) groups excluding carboxylic acids is 1. The van der Waals surface area contributed by atoms with Crippen molar-refractivity contribution in [2.24, 2.45) is 5.92 Å². The number of rotatable bonds is 8. The van der Waals surface area contributed by atoms with Crippen LogP contribution < -0.4 is 5.32 Å². The quantitative estimate of drug-likeness (QED) is 0.774. The second-order valence-electron chi connectivity index (χ2n) is 7.59. The molecule has 0 amide bonds. The zero-order valence-electron chi connectivity index (χ0n) is 15.9. The second-order valence-corrected chi connectivity index (χ2v) is 7.59. The second kappa shape index (κ2) is 9.11. The Morgan fingerprint density at radius 3 is 2.38 bits per heavy atom. The van der Waals surface area contributed by atoms with Crippen LogP contribution in [0.1, 0.15) is 43.9 Å². The summed E-state index contributed by atoms with van der Waals surface area (Å²) in [5.74, 6) is 0.815. The maximum Gasteiger partial charge on any atom is 0.129 e. The fraction of sp³-hybridized carbons (Fsp3) is 0.435. The van der Waals surface area contributed by atoms with Crippen molar-refractivity contribution in [3.05, 3.63) is 71.8 Å². The summed E-state index contributed by atoms with van der Waals surface area (Å²) in [4.78, 5) is 14.0. The van der Waals surface area contributed by atoms with Gasteiger partial charge in [0, 0.05) is 38.1 Å². The van der Waals surface area contributed by atoms with E-state index in [1.54, 1.807) is 6.92 Å². The van der Waals surface area contributed by atoms with E-state index in [0.717, 1.165) is 26.1 Å². The fourth-order valence-corrected chi connectivity index (χ4v) is 3.96. The average Bonchev–Trinajstić information content (AvgIpc) is 3.02. The monoisotopic (exact) mass is 350 g/mol. The molecule has 1 aliphatic heterocycles. The molecular weight excluding hydrogens is 320 g/mol. The van der Waals surface area contributed by atoms with Gasteiger partial charge >= 0.3 is 0 Å². The number of benzene rings is 2. The van der Waals surface area contributed by atoms with Gasteiger partial charge in [-0.15, -0.1) is 0 Å². The highest BCUT2D eigenvalue weighted by atomic mass is 16.1. The van der Waals surface area contributed by atoms with Gasteiger partial charge in [0.2, 0.25) is 0 Å². The summed E-state index contributed by atoms with van der Waals surface area (Å²) < 4.78 is 0. The van der Waals surface area contributed by atoms with Crippen LogP contribution >= 0.6 is 0 Å². The normalized spacial score (nSPS) is 21.6. The summed E-state index contributed by atoms with van der Waals surface area (Å²) in [6.07, 6.45) is 1.65. The molecule has 26 heavy (non-hydrogen) atoms. The van der Waals surface area contributed by atoms with Crippen LogP contribution in [0.15, 0.2) is 60.7 Å². The van der Waals surface area contributed by atoms with Crippen molar-refractivity contribution < 1.29 is 4.79 Å². The van der Waals surface area contributed by atoms with E-state index in [0.29, 0.717) is 30.2 Å². The van der Waals surface area contributed by atoms with Gasteiger partial charge in [0.05, 0.1) is 0 Å². The molecule has 1 aliphatic rings. The molecule has 0 radical (unpaired) electrons. The molecule has 138 valence electrons. The first-order valence-corrected chi connectivity index (χ1v) is 9.68. The van der Waals surface area contributed by atoms with Crippen molar-refractivity contribution in [1.82, 2.24) is 10.2 Å². The number of nitrogens with one attached hydrogen (secondary N) is 1. The van der Waals surface area contributed by atoms with Gasteiger partial charge in [-0.1, -0.05) is 60.7 Å². The van der Waals surface area contributed by atoms with Gasteiger partial charge in [0.15, 0.2) is 0 Å². The van der Waals surface area contributed by atoms with Crippen LogP contribution in [0.4, 0.5) is 0 Å². The van der Waals surface area contributed by atoms with Gasteiger partial charge in [-0.05, 0) is 37.3 Å². The predicted octanol–water partition coefficient (Wildman–Crippen LogP) is 4.21. The lowest BCUT2D eigenvalue weighted by molar-refractivity contribution is -0.117. The lowest BCUT2D eigenvalue weighted by atomic mass is 9.95. The van der Waals surface area contributed by atoms with Crippen LogP contribution in [0.5, 0.6) is 0 Å². The molecule has 1 heterocycles. The van der Waals surface area contributed by atoms with E-state index in [2.05, 4.69) is 77.8 Å². The highest BCUT2D eigenvalue weighted by molar-refractivity contribution is 5.75. The molecule has 3 nitrogen and oxygen atoms in total. The number of hydrogen-bond acceptors (Lipinski definition) is 3. The molecular formula is C23H30N2O. The minimum Gasteiger partial charge on any atom is -0.306 e. The summed E-state index contributed by atoms with van der Waals surface area (Å²) in [6.45, 7) is 7.01. The lowest BCUT2D eigenvalue weighted by Crippen LogP contribution is -2.38. The number of nitrogens with zero attached hydrogens (tertiary/aromatic N) is 1. The molecule has 1 fully saturated rings. The summed E-state index contributed by atoms with van der Waals surface area (Å²) in [7, 11) is 0. The van der Waals surface area contributed by atoms with E-state index in [1.165, 1.54) is 11.1 Å². The molecule has 0 aromatic heterocycles. The molecule has 0 spiro atoms. The van der Waals surface area contributed by atoms with Crippen LogP contribution in [0, 0.1) is 5.92 Å². The van der Waals surface area contributed by atoms with E-state index in [1.807, 2.05) is 0 Å². The van der Waals surface area contributed by atoms with Crippen molar-refractivity contribution in [3.8, 4) is 0 Å². The number of likely N-dealkylation sites (tertiary alicyclic amines) is 1. The van der Waals surface area contributed by atoms with Crippen LogP contribution in [0.3, 0.4) is 0 Å². The molecule has 0 unspecified atom stereocenters. The molecule has 3 rings (SSSR count). The molecule has 1 N–H and O–H groups in total. The van der Waals surface area contributed by atoms with Crippen LogP contribution in [0.2, 0.25) is 0 Å². The highest BCUT2D eigenvalue weighted by Gasteiger charge is 2.33. The molecule has 3 atom stereocenters. The summed E-state index contributed by atoms with van der Waals surface area (Å²) in [6, 6.07) is 22.0. The largest absolute Gasteiger partial charge is 0.306 e. The number of carbonyl (C=O) groups is 1. The SMILES string of the molecule is CC(=O)CC[C@H]1CN(Cc2ccccc2)C[C@H]1N[C@H](C)c1ccccc1. The van der Waals surface area contributed by atoms with Crippen molar-refractivity contribution >= 4 is 5.78 Å². The first-order chi connectivity index (χ1) is 12.6. The number of ketones is 1. The predicted molar refractivity (Wildman–Crippen MR) is 107 cm³/mol. The Bertz CT molecular complexity index is 686. The Kier molecular flexibility index (Phi) is 6.59. The first-order valence-electron chi connectivity index (χ1n) is 9.68. The Morgan fingerprint density at radius 1 is 1.08 bits per heavy atom. The lowest BCUT2D eigenvalue weighted by Gasteiger charge is -2.24. The zero-order chi connectivity index (χ0) is 18.4. The standard InChI is InChI=1S/C23H30N2O/c1-18(26)13-14-22-16-25(15-20-9-5-3-6-10-20)17-23(22)24-19(2)21-11-7-4-8-12-21/h3-12,19,22-24H,13-17H2,1-2H3/t19-,22+,23-/m1/s1. The number of Topliss-reactive ketones (excluding diaryl/α,β-unsaturated/α-hetero) is 1. The Morgan fingerprint density at radius 2 is 1.73 bits per heavy atom. The Hall–Kier alpha value is -1.97. The van der Waals surface area contributed by atoms with E-state index < -0.39 is 0 Å². The zero-order valence-corrected chi connectivity index (χ0v) is 15.9. The van der Waals surface area contributed by atoms with Gasteiger partial charge < -0.3 is 10.1 Å². The van der Waals surface area contributed by atoms with Gasteiger partial charge in [0.25, 0.3) is 0 Å². The number of hydrogen-bond donors (Lipinski definition) is 1. The van der Waals surface area contributed by atoms with Crippen molar-refractivity contribution in [2.75, 3.05) is 13.1 Å². The highest BCUT2D eigenvalue weighted by Crippen LogP contribution is 2.26. The van der Waals surface area contributed by atoms with Gasteiger partial charge in [-0.2, -0.15) is 0 Å². The third kappa shape index (κ3) is 5.26. The topological polar surface area (TPSA) is 32.3 Å². The van der Waals surface area contributed by atoms with E-state index in [9.17, 15) is 4.79 Å². The third-order valence-electron chi connectivity index (χ3n) is 5.40. The maximum absolute atomic E-state index is 11.5. The third-order valence-corrected chi connectivity index (χ3v) is 5.40. The van der Waals surface area contributed by atoms with E-state index in [-0.39, 0.29) is 0 Å². The first kappa shape index (κ1) is 18.8. The van der Waals surface area contributed by atoms with Gasteiger partial charge in [0.1, 0.15) is 5.78 Å². The fourth-order valence-electron chi connectivity index (χ4n) is 3.96. The van der Waals surface area contributed by atoms with Crippen LogP contribution in [0.25, 0.3) is 0 Å². The molecule has 2 aromatic carbocycles. The van der Waals surface area contributed by atoms with Crippen molar-refractivity contribution in [2.45, 2.75) is 45.3 Å². The molecule has 0 saturated carbocycles. The van der Waals surface area contributed by atoms with E-state index >= 15 is 0 Å². The maximum atomic E-state index is 11.5. The molecule has 2 aromatic rings. The van der Waals surface area contributed by atoms with Crippen molar-refractivity contribution in [1.29, 1.82) is 0 Å². The molecule has 3 heteroatoms. The molecule has 0 bridgehead atoms.